The lowest BCUT2D eigenvalue weighted by Gasteiger charge is -2.21. The number of hydrogen-bond acceptors (Lipinski definition) is 4. The van der Waals surface area contributed by atoms with E-state index in [1.807, 2.05) is 0 Å². The van der Waals surface area contributed by atoms with E-state index in [9.17, 15) is 4.79 Å². The van der Waals surface area contributed by atoms with E-state index in [0.29, 0.717) is 23.7 Å². The molecule has 1 aromatic carbocycles. The second kappa shape index (κ2) is 5.73. The summed E-state index contributed by atoms with van der Waals surface area (Å²) in [6, 6.07) is 5.20. The highest BCUT2D eigenvalue weighted by molar-refractivity contribution is 5.95. The number of nitrogens with two attached hydrogens (primary N) is 1. The van der Waals surface area contributed by atoms with E-state index >= 15 is 0 Å². The number of anilines is 2. The molecule has 1 unspecified atom stereocenters. The third-order valence-electron chi connectivity index (χ3n) is 3.05. The topological polar surface area (TPSA) is 73.6 Å². The molecule has 3 N–H and O–H groups in total. The molecule has 1 aliphatic rings. The minimum Gasteiger partial charge on any atom is -0.497 e. The van der Waals surface area contributed by atoms with Gasteiger partial charge in [0.05, 0.1) is 31.0 Å². The second-order valence-corrected chi connectivity index (χ2v) is 4.36. The van der Waals surface area contributed by atoms with Crippen molar-refractivity contribution in [3.8, 4) is 5.75 Å². The fraction of sp³-hybridized carbons (Fsp3) is 0.462. The molecular formula is C13H18N2O3. The van der Waals surface area contributed by atoms with E-state index in [1.54, 1.807) is 25.3 Å². The Labute approximate surface area is 106 Å². The van der Waals surface area contributed by atoms with Crippen molar-refractivity contribution in [2.75, 3.05) is 31.4 Å². The van der Waals surface area contributed by atoms with Gasteiger partial charge in [-0.1, -0.05) is 0 Å². The number of hydrogen-bond donors (Lipinski definition) is 2. The molecule has 18 heavy (non-hydrogen) atoms. The Hall–Kier alpha value is -1.75. The van der Waals surface area contributed by atoms with E-state index in [-0.39, 0.29) is 11.8 Å². The summed E-state index contributed by atoms with van der Waals surface area (Å²) in [6.45, 7) is 1.23. The fourth-order valence-corrected chi connectivity index (χ4v) is 1.96. The van der Waals surface area contributed by atoms with Gasteiger partial charge >= 0.3 is 0 Å². The van der Waals surface area contributed by atoms with Crippen molar-refractivity contribution in [3.05, 3.63) is 18.2 Å². The van der Waals surface area contributed by atoms with Crippen LogP contribution < -0.4 is 15.8 Å². The van der Waals surface area contributed by atoms with E-state index in [0.717, 1.165) is 19.4 Å². The lowest BCUT2D eigenvalue weighted by molar-refractivity contribution is -0.123. The molecule has 1 heterocycles. The molecule has 2 rings (SSSR count). The Bertz CT molecular complexity index is 428. The van der Waals surface area contributed by atoms with Crippen molar-refractivity contribution in [3.63, 3.8) is 0 Å². The van der Waals surface area contributed by atoms with Crippen LogP contribution in [-0.2, 0) is 9.53 Å². The zero-order chi connectivity index (χ0) is 13.0. The first kappa shape index (κ1) is 12.7. The molecular weight excluding hydrogens is 232 g/mol. The van der Waals surface area contributed by atoms with Crippen molar-refractivity contribution in [2.45, 2.75) is 12.8 Å². The minimum absolute atomic E-state index is 0.0356. The molecule has 0 bridgehead atoms. The lowest BCUT2D eigenvalue weighted by atomic mass is 10.0. The number of carbonyl (C=O) groups excluding carboxylic acids is 1. The van der Waals surface area contributed by atoms with Gasteiger partial charge in [-0.25, -0.2) is 0 Å². The third-order valence-corrected chi connectivity index (χ3v) is 3.05. The monoisotopic (exact) mass is 250 g/mol. The Balaban J connectivity index is 2.02. The van der Waals surface area contributed by atoms with Crippen molar-refractivity contribution in [1.29, 1.82) is 0 Å². The summed E-state index contributed by atoms with van der Waals surface area (Å²) in [6.07, 6.45) is 1.79. The Kier molecular flexibility index (Phi) is 4.04. The number of rotatable bonds is 3. The van der Waals surface area contributed by atoms with Crippen LogP contribution >= 0.6 is 0 Å². The van der Waals surface area contributed by atoms with Crippen LogP contribution in [0.25, 0.3) is 0 Å². The number of benzene rings is 1. The van der Waals surface area contributed by atoms with E-state index < -0.39 is 0 Å². The zero-order valence-corrected chi connectivity index (χ0v) is 10.4. The molecule has 5 nitrogen and oxygen atoms in total. The largest absolute Gasteiger partial charge is 0.497 e. The van der Waals surface area contributed by atoms with Gasteiger partial charge < -0.3 is 20.5 Å². The predicted octanol–water partition coefficient (Wildman–Crippen LogP) is 1.64. The van der Waals surface area contributed by atoms with Crippen LogP contribution in [0.4, 0.5) is 11.4 Å². The fourth-order valence-electron chi connectivity index (χ4n) is 1.96. The molecule has 1 saturated heterocycles. The van der Waals surface area contributed by atoms with Crippen LogP contribution in [0.1, 0.15) is 12.8 Å². The maximum atomic E-state index is 12.0. The molecule has 0 aliphatic carbocycles. The molecule has 1 aromatic rings. The highest BCUT2D eigenvalue weighted by Gasteiger charge is 2.22. The summed E-state index contributed by atoms with van der Waals surface area (Å²) in [7, 11) is 1.58. The van der Waals surface area contributed by atoms with Crippen LogP contribution in [0.3, 0.4) is 0 Å². The normalized spacial score (nSPS) is 19.3. The summed E-state index contributed by atoms with van der Waals surface area (Å²) in [5.41, 5.74) is 6.97. The van der Waals surface area contributed by atoms with Crippen molar-refractivity contribution < 1.29 is 14.3 Å². The molecule has 0 aromatic heterocycles. The predicted molar refractivity (Wildman–Crippen MR) is 69.6 cm³/mol. The van der Waals surface area contributed by atoms with Crippen molar-refractivity contribution >= 4 is 17.3 Å². The summed E-state index contributed by atoms with van der Waals surface area (Å²) < 4.78 is 10.4. The summed E-state index contributed by atoms with van der Waals surface area (Å²) in [5.74, 6) is 0.554. The van der Waals surface area contributed by atoms with Gasteiger partial charge in [0.25, 0.3) is 0 Å². The number of nitrogen functional groups attached to an aromatic ring is 1. The van der Waals surface area contributed by atoms with E-state index in [2.05, 4.69) is 5.32 Å². The molecule has 1 amide bonds. The average molecular weight is 250 g/mol. The number of nitrogens with one attached hydrogen (secondary N) is 1. The SMILES string of the molecule is COc1ccc(NC(=O)C2CCCOC2)c(N)c1. The smallest absolute Gasteiger partial charge is 0.229 e. The van der Waals surface area contributed by atoms with Crippen molar-refractivity contribution in [2.24, 2.45) is 5.92 Å². The maximum Gasteiger partial charge on any atom is 0.229 e. The second-order valence-electron chi connectivity index (χ2n) is 4.36. The molecule has 1 atom stereocenters. The van der Waals surface area contributed by atoms with Gasteiger partial charge in [-0.15, -0.1) is 0 Å². The Morgan fingerprint density at radius 2 is 2.39 bits per heavy atom. The highest BCUT2D eigenvalue weighted by Crippen LogP contribution is 2.25. The van der Waals surface area contributed by atoms with Gasteiger partial charge in [-0.05, 0) is 25.0 Å². The average Bonchev–Trinajstić information content (AvgIpc) is 2.42. The number of methoxy groups -OCH3 is 1. The van der Waals surface area contributed by atoms with Gasteiger partial charge in [0.2, 0.25) is 5.91 Å². The number of carbonyl (C=O) groups is 1. The first-order valence-electron chi connectivity index (χ1n) is 6.03. The van der Waals surface area contributed by atoms with Gasteiger partial charge in [-0.2, -0.15) is 0 Å². The van der Waals surface area contributed by atoms with Crippen LogP contribution in [0, 0.1) is 5.92 Å². The standard InChI is InChI=1S/C13H18N2O3/c1-17-10-4-5-12(11(14)7-10)15-13(16)9-3-2-6-18-8-9/h4-5,7,9H,2-3,6,8,14H2,1H3,(H,15,16). The first-order valence-corrected chi connectivity index (χ1v) is 6.03. The third kappa shape index (κ3) is 2.92. The molecule has 98 valence electrons. The van der Waals surface area contributed by atoms with Crippen LogP contribution in [-0.4, -0.2) is 26.2 Å². The summed E-state index contributed by atoms with van der Waals surface area (Å²) in [5, 5.41) is 2.83. The van der Waals surface area contributed by atoms with Gasteiger partial charge in [0, 0.05) is 12.7 Å². The number of amides is 1. The summed E-state index contributed by atoms with van der Waals surface area (Å²) in [4.78, 5) is 12.0. The van der Waals surface area contributed by atoms with Gasteiger partial charge in [-0.3, -0.25) is 4.79 Å². The van der Waals surface area contributed by atoms with Gasteiger partial charge in [0.15, 0.2) is 0 Å². The first-order chi connectivity index (χ1) is 8.70. The highest BCUT2D eigenvalue weighted by atomic mass is 16.5. The molecule has 0 spiro atoms. The van der Waals surface area contributed by atoms with Crippen LogP contribution in [0.5, 0.6) is 5.75 Å². The molecule has 0 radical (unpaired) electrons. The van der Waals surface area contributed by atoms with E-state index in [4.69, 9.17) is 15.2 Å². The molecule has 1 aliphatic heterocycles. The molecule has 1 fully saturated rings. The molecule has 0 saturated carbocycles. The van der Waals surface area contributed by atoms with Crippen molar-refractivity contribution in [1.82, 2.24) is 0 Å². The Morgan fingerprint density at radius 1 is 1.56 bits per heavy atom. The molecule has 5 heteroatoms. The minimum atomic E-state index is -0.0831. The summed E-state index contributed by atoms with van der Waals surface area (Å²) >= 11 is 0. The van der Waals surface area contributed by atoms with Gasteiger partial charge in [0.1, 0.15) is 5.75 Å². The maximum absolute atomic E-state index is 12.0. The lowest BCUT2D eigenvalue weighted by Crippen LogP contribution is -2.30. The number of ether oxygens (including phenoxy) is 2. The van der Waals surface area contributed by atoms with E-state index in [1.165, 1.54) is 0 Å². The Morgan fingerprint density at radius 3 is 3.00 bits per heavy atom. The van der Waals surface area contributed by atoms with Crippen LogP contribution in [0.15, 0.2) is 18.2 Å². The van der Waals surface area contributed by atoms with Crippen LogP contribution in [0.2, 0.25) is 0 Å². The zero-order valence-electron chi connectivity index (χ0n) is 10.4. The quantitative estimate of drug-likeness (QED) is 0.800.